The summed E-state index contributed by atoms with van der Waals surface area (Å²) in [6, 6.07) is 7.83. The van der Waals surface area contributed by atoms with Crippen LogP contribution >= 0.6 is 0 Å². The predicted octanol–water partition coefficient (Wildman–Crippen LogP) is 3.73. The van der Waals surface area contributed by atoms with Crippen LogP contribution in [0.15, 0.2) is 24.3 Å². The average molecular weight is 278 g/mol. The van der Waals surface area contributed by atoms with Gasteiger partial charge in [-0.05, 0) is 25.3 Å². The highest BCUT2D eigenvalue weighted by atomic mass is 16.5. The summed E-state index contributed by atoms with van der Waals surface area (Å²) in [5.41, 5.74) is 1.79. The molecule has 0 spiro atoms. The van der Waals surface area contributed by atoms with Crippen molar-refractivity contribution in [1.29, 1.82) is 0 Å². The van der Waals surface area contributed by atoms with Crippen LogP contribution in [0.2, 0.25) is 0 Å². The van der Waals surface area contributed by atoms with Crippen LogP contribution in [0.4, 0.5) is 10.5 Å². The number of benzene rings is 1. The van der Waals surface area contributed by atoms with E-state index in [2.05, 4.69) is 26.1 Å². The van der Waals surface area contributed by atoms with Crippen LogP contribution in [0.3, 0.4) is 0 Å². The number of methoxy groups -OCH3 is 1. The number of ether oxygens (including phenoxy) is 1. The van der Waals surface area contributed by atoms with E-state index in [9.17, 15) is 4.79 Å². The van der Waals surface area contributed by atoms with Crippen molar-refractivity contribution in [2.24, 2.45) is 5.92 Å². The molecule has 20 heavy (non-hydrogen) atoms. The second-order valence-corrected chi connectivity index (χ2v) is 5.61. The summed E-state index contributed by atoms with van der Waals surface area (Å²) >= 11 is 0. The van der Waals surface area contributed by atoms with Crippen LogP contribution < -0.4 is 5.32 Å². The number of hydrogen-bond acceptors (Lipinski definition) is 2. The third-order valence-corrected chi connectivity index (χ3v) is 3.35. The molecule has 0 fully saturated rings. The van der Waals surface area contributed by atoms with E-state index < -0.39 is 0 Å². The van der Waals surface area contributed by atoms with E-state index >= 15 is 0 Å². The topological polar surface area (TPSA) is 41.6 Å². The Morgan fingerprint density at radius 2 is 1.95 bits per heavy atom. The first-order valence-electron chi connectivity index (χ1n) is 7.06. The van der Waals surface area contributed by atoms with Gasteiger partial charge in [-0.15, -0.1) is 0 Å². The molecule has 1 atom stereocenters. The van der Waals surface area contributed by atoms with Crippen molar-refractivity contribution in [2.75, 3.05) is 19.5 Å². The van der Waals surface area contributed by atoms with Gasteiger partial charge in [0, 0.05) is 31.5 Å². The predicted molar refractivity (Wildman–Crippen MR) is 82.9 cm³/mol. The molecule has 4 heteroatoms. The zero-order valence-corrected chi connectivity index (χ0v) is 13.1. The molecule has 0 bridgehead atoms. The second kappa shape index (κ2) is 7.90. The molecule has 0 saturated heterocycles. The summed E-state index contributed by atoms with van der Waals surface area (Å²) < 4.78 is 5.15. The smallest absolute Gasteiger partial charge is 0.321 e. The summed E-state index contributed by atoms with van der Waals surface area (Å²) in [5.74, 6) is 0.570. The van der Waals surface area contributed by atoms with E-state index in [1.165, 1.54) is 0 Å². The molecule has 1 rings (SSSR count). The zero-order chi connectivity index (χ0) is 15.1. The maximum atomic E-state index is 12.3. The Balaban J connectivity index is 2.70. The largest absolute Gasteiger partial charge is 0.380 e. The summed E-state index contributed by atoms with van der Waals surface area (Å²) in [6.45, 7) is 6.88. The molecule has 1 unspecified atom stereocenters. The maximum Gasteiger partial charge on any atom is 0.321 e. The molecular weight excluding hydrogens is 252 g/mol. The van der Waals surface area contributed by atoms with E-state index in [0.29, 0.717) is 12.5 Å². The summed E-state index contributed by atoms with van der Waals surface area (Å²) in [5, 5.41) is 2.96. The van der Waals surface area contributed by atoms with Gasteiger partial charge in [-0.3, -0.25) is 0 Å². The Hall–Kier alpha value is -1.55. The quantitative estimate of drug-likeness (QED) is 0.861. The highest BCUT2D eigenvalue weighted by molar-refractivity contribution is 5.90. The normalized spacial score (nSPS) is 12.3. The van der Waals surface area contributed by atoms with Gasteiger partial charge < -0.3 is 15.0 Å². The Labute approximate surface area is 122 Å². The third-order valence-electron chi connectivity index (χ3n) is 3.35. The summed E-state index contributed by atoms with van der Waals surface area (Å²) in [6.07, 6.45) is 0.990. The molecule has 0 heterocycles. The van der Waals surface area contributed by atoms with Gasteiger partial charge in [-0.1, -0.05) is 32.0 Å². The standard InChI is InChI=1S/C16H26N2O2/c1-12(2)10-13(3)18(4)16(19)17-15-9-7-6-8-14(15)11-20-5/h6-9,12-13H,10-11H2,1-5H3,(H,17,19). The van der Waals surface area contributed by atoms with Gasteiger partial charge in [0.25, 0.3) is 0 Å². The van der Waals surface area contributed by atoms with Gasteiger partial charge in [-0.2, -0.15) is 0 Å². The number of anilines is 1. The highest BCUT2D eigenvalue weighted by Gasteiger charge is 2.17. The number of hydrogen-bond donors (Lipinski definition) is 1. The van der Waals surface area contributed by atoms with Crippen LogP contribution in [-0.4, -0.2) is 31.1 Å². The van der Waals surface area contributed by atoms with E-state index in [-0.39, 0.29) is 12.1 Å². The lowest BCUT2D eigenvalue weighted by atomic mass is 10.0. The molecule has 1 aromatic carbocycles. The Kier molecular flexibility index (Phi) is 6.52. The highest BCUT2D eigenvalue weighted by Crippen LogP contribution is 2.17. The van der Waals surface area contributed by atoms with Crippen LogP contribution in [0.5, 0.6) is 0 Å². The van der Waals surface area contributed by atoms with Crippen molar-refractivity contribution in [3.8, 4) is 0 Å². The number of amides is 2. The second-order valence-electron chi connectivity index (χ2n) is 5.61. The van der Waals surface area contributed by atoms with Gasteiger partial charge in [0.1, 0.15) is 0 Å². The van der Waals surface area contributed by atoms with Gasteiger partial charge in [-0.25, -0.2) is 4.79 Å². The minimum absolute atomic E-state index is 0.0818. The SMILES string of the molecule is COCc1ccccc1NC(=O)N(C)C(C)CC(C)C. The molecule has 0 saturated carbocycles. The van der Waals surface area contributed by atoms with Crippen LogP contribution in [-0.2, 0) is 11.3 Å². The summed E-state index contributed by atoms with van der Waals surface area (Å²) in [4.78, 5) is 14.0. The molecule has 2 amide bonds. The summed E-state index contributed by atoms with van der Waals surface area (Å²) in [7, 11) is 3.48. The number of rotatable bonds is 6. The molecule has 0 radical (unpaired) electrons. The lowest BCUT2D eigenvalue weighted by Crippen LogP contribution is -2.39. The minimum Gasteiger partial charge on any atom is -0.380 e. The molecular formula is C16H26N2O2. The molecule has 0 aliphatic carbocycles. The molecule has 4 nitrogen and oxygen atoms in total. The number of nitrogens with one attached hydrogen (secondary N) is 1. The van der Waals surface area contributed by atoms with Crippen molar-refractivity contribution in [2.45, 2.75) is 39.8 Å². The van der Waals surface area contributed by atoms with Crippen molar-refractivity contribution >= 4 is 11.7 Å². The van der Waals surface area contributed by atoms with Gasteiger partial charge >= 0.3 is 6.03 Å². The van der Waals surface area contributed by atoms with E-state index in [1.807, 2.05) is 31.3 Å². The first kappa shape index (κ1) is 16.5. The number of nitrogens with zero attached hydrogens (tertiary/aromatic N) is 1. The number of para-hydroxylation sites is 1. The lowest BCUT2D eigenvalue weighted by molar-refractivity contribution is 0.185. The van der Waals surface area contributed by atoms with E-state index in [4.69, 9.17) is 4.74 Å². The van der Waals surface area contributed by atoms with Gasteiger partial charge in [0.15, 0.2) is 0 Å². The number of carbonyl (C=O) groups is 1. The Bertz CT molecular complexity index is 432. The first-order chi connectivity index (χ1) is 9.45. The third kappa shape index (κ3) is 4.85. The maximum absolute atomic E-state index is 12.3. The fraction of sp³-hybridized carbons (Fsp3) is 0.562. The minimum atomic E-state index is -0.0818. The van der Waals surface area contributed by atoms with E-state index in [0.717, 1.165) is 17.7 Å². The molecule has 0 aromatic heterocycles. The molecule has 0 aliphatic heterocycles. The fourth-order valence-electron chi connectivity index (χ4n) is 2.17. The average Bonchev–Trinajstić information content (AvgIpc) is 2.39. The zero-order valence-electron chi connectivity index (χ0n) is 13.1. The molecule has 1 N–H and O–H groups in total. The van der Waals surface area contributed by atoms with Crippen molar-refractivity contribution in [3.63, 3.8) is 0 Å². The lowest BCUT2D eigenvalue weighted by Gasteiger charge is -2.27. The van der Waals surface area contributed by atoms with Crippen molar-refractivity contribution in [1.82, 2.24) is 4.90 Å². The number of urea groups is 1. The first-order valence-corrected chi connectivity index (χ1v) is 7.06. The van der Waals surface area contributed by atoms with Crippen molar-refractivity contribution < 1.29 is 9.53 Å². The molecule has 1 aromatic rings. The monoisotopic (exact) mass is 278 g/mol. The Morgan fingerprint density at radius 1 is 1.30 bits per heavy atom. The van der Waals surface area contributed by atoms with E-state index in [1.54, 1.807) is 12.0 Å². The van der Waals surface area contributed by atoms with Gasteiger partial charge in [0.05, 0.1) is 6.61 Å². The van der Waals surface area contributed by atoms with Crippen molar-refractivity contribution in [3.05, 3.63) is 29.8 Å². The van der Waals surface area contributed by atoms with Crippen LogP contribution in [0.25, 0.3) is 0 Å². The molecule has 112 valence electrons. The number of carbonyl (C=O) groups excluding carboxylic acids is 1. The van der Waals surface area contributed by atoms with Crippen LogP contribution in [0, 0.1) is 5.92 Å². The van der Waals surface area contributed by atoms with Crippen LogP contribution in [0.1, 0.15) is 32.8 Å². The van der Waals surface area contributed by atoms with Gasteiger partial charge in [0.2, 0.25) is 0 Å². The Morgan fingerprint density at radius 3 is 2.55 bits per heavy atom. The molecule has 0 aliphatic rings. The fourth-order valence-corrected chi connectivity index (χ4v) is 2.17.